The maximum absolute atomic E-state index is 11.5. The molecule has 0 fully saturated rings. The zero-order valence-electron chi connectivity index (χ0n) is 13.2. The Morgan fingerprint density at radius 1 is 0.850 bits per heavy atom. The molecule has 0 aliphatic carbocycles. The first kappa shape index (κ1) is 18.9. The summed E-state index contributed by atoms with van der Waals surface area (Å²) >= 11 is 0. The summed E-state index contributed by atoms with van der Waals surface area (Å²) in [6, 6.07) is 0. The van der Waals surface area contributed by atoms with E-state index in [2.05, 4.69) is 6.92 Å². The lowest BCUT2D eigenvalue weighted by Gasteiger charge is -2.17. The average Bonchev–Trinajstić information content (AvgIpc) is 2.39. The van der Waals surface area contributed by atoms with Crippen molar-refractivity contribution in [2.45, 2.75) is 77.6 Å². The Hall–Kier alpha value is -1.06. The number of nitrogens with zero attached hydrogens (tertiary/aromatic N) is 1. The highest BCUT2D eigenvalue weighted by Gasteiger charge is 2.07. The molecule has 0 bridgehead atoms. The molecule has 20 heavy (non-hydrogen) atoms. The van der Waals surface area contributed by atoms with Crippen molar-refractivity contribution in [3.05, 3.63) is 0 Å². The Kier molecular flexibility index (Phi) is 12.3. The summed E-state index contributed by atoms with van der Waals surface area (Å²) in [5.41, 5.74) is 0. The number of rotatable bonds is 13. The number of carbonyl (C=O) groups excluding carboxylic acids is 2. The second-order valence-corrected chi connectivity index (χ2v) is 5.55. The topological polar surface area (TPSA) is 60.4 Å². The van der Waals surface area contributed by atoms with E-state index in [9.17, 15) is 14.7 Å². The van der Waals surface area contributed by atoms with Gasteiger partial charge in [0.15, 0.2) is 0 Å². The first-order valence-electron chi connectivity index (χ1n) is 8.01. The molecule has 0 rings (SSSR count). The predicted molar refractivity (Wildman–Crippen MR) is 79.1 cm³/mol. The zero-order valence-corrected chi connectivity index (χ0v) is 13.2. The van der Waals surface area contributed by atoms with Gasteiger partial charge in [-0.3, -0.25) is 4.79 Å². The molecule has 0 aromatic rings. The molecule has 0 unspecified atom stereocenters. The fourth-order valence-corrected chi connectivity index (χ4v) is 2.24. The first-order chi connectivity index (χ1) is 9.57. The van der Waals surface area contributed by atoms with E-state index in [1.165, 1.54) is 63.3 Å². The lowest BCUT2D eigenvalue weighted by atomic mass is 10.1. The molecular weight excluding hydrogens is 254 g/mol. The van der Waals surface area contributed by atoms with Crippen LogP contribution in [0.25, 0.3) is 0 Å². The molecular formula is C16H30NO3-. The van der Waals surface area contributed by atoms with E-state index < -0.39 is 5.97 Å². The third-order valence-electron chi connectivity index (χ3n) is 3.54. The van der Waals surface area contributed by atoms with E-state index in [0.717, 1.165) is 12.8 Å². The van der Waals surface area contributed by atoms with Crippen LogP contribution in [0.4, 0.5) is 0 Å². The van der Waals surface area contributed by atoms with Crippen LogP contribution in [-0.4, -0.2) is 30.4 Å². The van der Waals surface area contributed by atoms with Gasteiger partial charge in [0.1, 0.15) is 0 Å². The Morgan fingerprint density at radius 3 is 1.75 bits per heavy atom. The smallest absolute Gasteiger partial charge is 0.222 e. The normalized spacial score (nSPS) is 10.5. The van der Waals surface area contributed by atoms with E-state index in [1.54, 1.807) is 0 Å². The fourth-order valence-electron chi connectivity index (χ4n) is 2.24. The Balaban J connectivity index is 3.31. The van der Waals surface area contributed by atoms with Gasteiger partial charge in [0, 0.05) is 13.5 Å². The van der Waals surface area contributed by atoms with Crippen LogP contribution in [0.15, 0.2) is 0 Å². The van der Waals surface area contributed by atoms with Gasteiger partial charge >= 0.3 is 0 Å². The summed E-state index contributed by atoms with van der Waals surface area (Å²) in [5, 5.41) is 10.4. The van der Waals surface area contributed by atoms with Crippen LogP contribution >= 0.6 is 0 Å². The Morgan fingerprint density at radius 2 is 1.30 bits per heavy atom. The highest BCUT2D eigenvalue weighted by atomic mass is 16.4. The minimum absolute atomic E-state index is 0.103. The monoisotopic (exact) mass is 284 g/mol. The standard InChI is InChI=1S/C16H31NO3/c1-3-4-5-6-7-8-9-10-11-12-13-15(18)17(2)14-16(19)20/h3-14H2,1-2H3,(H,19,20)/p-1. The van der Waals surface area contributed by atoms with Crippen LogP contribution in [0.5, 0.6) is 0 Å². The van der Waals surface area contributed by atoms with Crippen LogP contribution in [0.2, 0.25) is 0 Å². The largest absolute Gasteiger partial charge is 0.548 e. The number of carboxylic acids is 1. The molecule has 0 heterocycles. The predicted octanol–water partition coefficient (Wildman–Crippen LogP) is 2.51. The lowest BCUT2D eigenvalue weighted by molar-refractivity contribution is -0.305. The quantitative estimate of drug-likeness (QED) is 0.488. The zero-order chi connectivity index (χ0) is 15.2. The molecule has 4 nitrogen and oxygen atoms in total. The summed E-state index contributed by atoms with van der Waals surface area (Å²) in [5.74, 6) is -1.31. The third-order valence-corrected chi connectivity index (χ3v) is 3.54. The number of aliphatic carboxylic acids is 1. The minimum Gasteiger partial charge on any atom is -0.548 e. The molecule has 0 saturated heterocycles. The van der Waals surface area contributed by atoms with Gasteiger partial charge in [-0.05, 0) is 6.42 Å². The van der Waals surface area contributed by atoms with Gasteiger partial charge in [0.25, 0.3) is 0 Å². The maximum atomic E-state index is 11.5. The van der Waals surface area contributed by atoms with Crippen LogP contribution < -0.4 is 5.11 Å². The van der Waals surface area contributed by atoms with Crippen molar-refractivity contribution in [3.63, 3.8) is 0 Å². The molecule has 0 radical (unpaired) electrons. The summed E-state index contributed by atoms with van der Waals surface area (Å²) in [6.07, 6.45) is 12.7. The number of amides is 1. The van der Waals surface area contributed by atoms with Crippen LogP contribution in [0, 0.1) is 0 Å². The molecule has 0 atom stereocenters. The first-order valence-corrected chi connectivity index (χ1v) is 8.01. The van der Waals surface area contributed by atoms with Crippen molar-refractivity contribution in [2.75, 3.05) is 13.6 Å². The lowest BCUT2D eigenvalue weighted by Crippen LogP contribution is -2.39. The van der Waals surface area contributed by atoms with Gasteiger partial charge in [0.05, 0.1) is 12.5 Å². The van der Waals surface area contributed by atoms with Crippen molar-refractivity contribution in [3.8, 4) is 0 Å². The maximum Gasteiger partial charge on any atom is 0.222 e. The number of unbranched alkanes of at least 4 members (excludes halogenated alkanes) is 9. The van der Waals surface area contributed by atoms with Gasteiger partial charge in [-0.15, -0.1) is 0 Å². The molecule has 0 aliphatic rings. The summed E-state index contributed by atoms with van der Waals surface area (Å²) in [6.45, 7) is 1.92. The summed E-state index contributed by atoms with van der Waals surface area (Å²) < 4.78 is 0. The number of likely N-dealkylation sites (N-methyl/N-ethyl adjacent to an activating group) is 1. The van der Waals surface area contributed by atoms with Gasteiger partial charge in [0.2, 0.25) is 5.91 Å². The van der Waals surface area contributed by atoms with Crippen molar-refractivity contribution in [2.24, 2.45) is 0 Å². The SMILES string of the molecule is CCCCCCCCCCCCC(=O)N(C)CC(=O)[O-]. The van der Waals surface area contributed by atoms with E-state index >= 15 is 0 Å². The van der Waals surface area contributed by atoms with E-state index in [1.807, 2.05) is 0 Å². The van der Waals surface area contributed by atoms with Gasteiger partial charge in [-0.1, -0.05) is 64.7 Å². The number of carboxylic acid groups (broad SMARTS) is 1. The van der Waals surface area contributed by atoms with Crippen molar-refractivity contribution < 1.29 is 14.7 Å². The van der Waals surface area contributed by atoms with Gasteiger partial charge in [-0.25, -0.2) is 0 Å². The van der Waals surface area contributed by atoms with Crippen molar-refractivity contribution in [1.29, 1.82) is 0 Å². The number of hydrogen-bond donors (Lipinski definition) is 0. The van der Waals surface area contributed by atoms with Gasteiger partial charge < -0.3 is 14.8 Å². The highest BCUT2D eigenvalue weighted by Crippen LogP contribution is 2.11. The molecule has 0 saturated carbocycles. The van der Waals surface area contributed by atoms with Gasteiger partial charge in [-0.2, -0.15) is 0 Å². The molecule has 0 N–H and O–H groups in total. The summed E-state index contributed by atoms with van der Waals surface area (Å²) in [7, 11) is 1.51. The molecule has 4 heteroatoms. The van der Waals surface area contributed by atoms with E-state index in [-0.39, 0.29) is 12.5 Å². The summed E-state index contributed by atoms with van der Waals surface area (Å²) in [4.78, 5) is 23.1. The number of carbonyl (C=O) groups is 2. The molecule has 0 spiro atoms. The molecule has 0 aliphatic heterocycles. The third kappa shape index (κ3) is 12.0. The molecule has 1 amide bonds. The second kappa shape index (κ2) is 12.9. The molecule has 0 aromatic carbocycles. The fraction of sp³-hybridized carbons (Fsp3) is 0.875. The molecule has 118 valence electrons. The second-order valence-electron chi connectivity index (χ2n) is 5.55. The van der Waals surface area contributed by atoms with Crippen molar-refractivity contribution >= 4 is 11.9 Å². The van der Waals surface area contributed by atoms with E-state index in [0.29, 0.717) is 6.42 Å². The van der Waals surface area contributed by atoms with Crippen molar-refractivity contribution in [1.82, 2.24) is 4.90 Å². The van der Waals surface area contributed by atoms with Crippen LogP contribution in [0.3, 0.4) is 0 Å². The minimum atomic E-state index is -1.20. The average molecular weight is 284 g/mol. The van der Waals surface area contributed by atoms with Crippen LogP contribution in [-0.2, 0) is 9.59 Å². The van der Waals surface area contributed by atoms with Crippen LogP contribution in [0.1, 0.15) is 77.6 Å². The van der Waals surface area contributed by atoms with E-state index in [4.69, 9.17) is 0 Å². The Labute approximate surface area is 123 Å². The number of hydrogen-bond acceptors (Lipinski definition) is 3. The molecule has 0 aromatic heterocycles. The highest BCUT2D eigenvalue weighted by molar-refractivity contribution is 5.80. The Bertz CT molecular complexity index is 266.